The molecule has 1 aromatic rings. The monoisotopic (exact) mass is 303 g/mol. The van der Waals surface area contributed by atoms with Crippen molar-refractivity contribution < 1.29 is 4.79 Å². The molecular weight excluding hydrogens is 274 g/mol. The van der Waals surface area contributed by atoms with Crippen molar-refractivity contribution >= 4 is 11.7 Å². The molecule has 22 heavy (non-hydrogen) atoms. The lowest BCUT2D eigenvalue weighted by molar-refractivity contribution is 0.117. The Balaban J connectivity index is 1.97. The summed E-state index contributed by atoms with van der Waals surface area (Å²) in [6, 6.07) is 4.86. The number of carbonyl (C=O) groups is 1. The highest BCUT2D eigenvalue weighted by atomic mass is 16.2. The van der Waals surface area contributed by atoms with Gasteiger partial charge >= 0.3 is 6.03 Å². The number of benzene rings is 1. The molecular formula is C18H29N3O. The van der Waals surface area contributed by atoms with E-state index >= 15 is 0 Å². The topological polar surface area (TPSA) is 35.6 Å². The Bertz CT molecular complexity index is 510. The van der Waals surface area contributed by atoms with Crippen LogP contribution in [-0.4, -0.2) is 48.1 Å². The predicted octanol–water partition coefficient (Wildman–Crippen LogP) is 3.56. The van der Waals surface area contributed by atoms with Gasteiger partial charge in [-0.3, -0.25) is 4.90 Å². The van der Waals surface area contributed by atoms with Crippen LogP contribution in [0.4, 0.5) is 10.5 Å². The van der Waals surface area contributed by atoms with Crippen molar-refractivity contribution in [3.63, 3.8) is 0 Å². The lowest BCUT2D eigenvalue weighted by Gasteiger charge is -2.37. The van der Waals surface area contributed by atoms with Gasteiger partial charge in [-0.15, -0.1) is 0 Å². The number of amides is 2. The van der Waals surface area contributed by atoms with Crippen LogP contribution in [0.1, 0.15) is 37.0 Å². The van der Waals surface area contributed by atoms with Crippen LogP contribution in [0.15, 0.2) is 12.1 Å². The molecule has 1 saturated heterocycles. The molecule has 0 aromatic heterocycles. The third-order valence-electron chi connectivity index (χ3n) is 4.72. The number of piperazine rings is 1. The molecule has 1 aromatic carbocycles. The summed E-state index contributed by atoms with van der Waals surface area (Å²) in [6.07, 6.45) is 1.16. The van der Waals surface area contributed by atoms with E-state index in [4.69, 9.17) is 0 Å². The van der Waals surface area contributed by atoms with Crippen molar-refractivity contribution in [3.05, 3.63) is 28.8 Å². The lowest BCUT2D eigenvalue weighted by Crippen LogP contribution is -2.52. The minimum atomic E-state index is 0.0267. The van der Waals surface area contributed by atoms with Gasteiger partial charge in [0.1, 0.15) is 0 Å². The highest BCUT2D eigenvalue weighted by Gasteiger charge is 2.23. The van der Waals surface area contributed by atoms with Gasteiger partial charge in [0.2, 0.25) is 0 Å². The van der Waals surface area contributed by atoms with Gasteiger partial charge in [0.15, 0.2) is 0 Å². The molecule has 1 fully saturated rings. The van der Waals surface area contributed by atoms with E-state index in [0.717, 1.165) is 49.4 Å². The minimum absolute atomic E-state index is 0.0267. The van der Waals surface area contributed by atoms with Crippen molar-refractivity contribution in [1.82, 2.24) is 9.80 Å². The maximum absolute atomic E-state index is 12.5. The fourth-order valence-corrected chi connectivity index (χ4v) is 3.19. The Morgan fingerprint density at radius 2 is 1.68 bits per heavy atom. The normalized spacial score (nSPS) is 17.4. The highest BCUT2D eigenvalue weighted by molar-refractivity contribution is 5.91. The van der Waals surface area contributed by atoms with Crippen LogP contribution in [0.5, 0.6) is 0 Å². The predicted molar refractivity (Wildman–Crippen MR) is 92.6 cm³/mol. The first kappa shape index (κ1) is 16.8. The molecule has 0 saturated carbocycles. The summed E-state index contributed by atoms with van der Waals surface area (Å²) in [4.78, 5) is 16.9. The van der Waals surface area contributed by atoms with E-state index in [0.29, 0.717) is 6.04 Å². The molecule has 122 valence electrons. The Morgan fingerprint density at radius 1 is 1.14 bits per heavy atom. The van der Waals surface area contributed by atoms with E-state index in [1.807, 2.05) is 4.90 Å². The molecule has 4 nitrogen and oxygen atoms in total. The Morgan fingerprint density at radius 3 is 2.18 bits per heavy atom. The number of anilines is 1. The van der Waals surface area contributed by atoms with Crippen LogP contribution in [0.2, 0.25) is 0 Å². The molecule has 2 rings (SSSR count). The molecule has 0 bridgehead atoms. The fraction of sp³-hybridized carbons (Fsp3) is 0.611. The summed E-state index contributed by atoms with van der Waals surface area (Å²) in [5.41, 5.74) is 4.45. The maximum Gasteiger partial charge on any atom is 0.321 e. The van der Waals surface area contributed by atoms with E-state index < -0.39 is 0 Å². The van der Waals surface area contributed by atoms with Crippen molar-refractivity contribution in [3.8, 4) is 0 Å². The quantitative estimate of drug-likeness (QED) is 0.926. The van der Waals surface area contributed by atoms with Crippen LogP contribution in [0.3, 0.4) is 0 Å². The second kappa shape index (κ2) is 7.14. The molecule has 0 radical (unpaired) electrons. The summed E-state index contributed by atoms with van der Waals surface area (Å²) in [5.74, 6) is 0. The molecule has 1 N–H and O–H groups in total. The van der Waals surface area contributed by atoms with E-state index in [1.165, 1.54) is 5.56 Å². The van der Waals surface area contributed by atoms with Crippen molar-refractivity contribution in [2.45, 2.75) is 47.1 Å². The van der Waals surface area contributed by atoms with Crippen LogP contribution in [0.25, 0.3) is 0 Å². The van der Waals surface area contributed by atoms with Gasteiger partial charge in [-0.05, 0) is 45.2 Å². The van der Waals surface area contributed by atoms with Gasteiger partial charge in [0, 0.05) is 37.9 Å². The number of aryl methyl sites for hydroxylation is 3. The Labute approximate surface area is 134 Å². The number of carbonyl (C=O) groups excluding carboxylic acids is 1. The second-order valence-electron chi connectivity index (χ2n) is 6.48. The maximum atomic E-state index is 12.5. The van der Waals surface area contributed by atoms with Crippen molar-refractivity contribution in [1.29, 1.82) is 0 Å². The van der Waals surface area contributed by atoms with Crippen molar-refractivity contribution in [2.75, 3.05) is 31.5 Å². The minimum Gasteiger partial charge on any atom is -0.322 e. The largest absolute Gasteiger partial charge is 0.322 e. The van der Waals surface area contributed by atoms with Crippen LogP contribution in [-0.2, 0) is 0 Å². The average Bonchev–Trinajstić information content (AvgIpc) is 2.50. The number of rotatable bonds is 3. The van der Waals surface area contributed by atoms with Crippen LogP contribution in [0, 0.1) is 20.8 Å². The summed E-state index contributed by atoms with van der Waals surface area (Å²) in [7, 11) is 0. The van der Waals surface area contributed by atoms with E-state index in [1.54, 1.807) is 0 Å². The van der Waals surface area contributed by atoms with Crippen LogP contribution < -0.4 is 5.32 Å². The molecule has 1 heterocycles. The summed E-state index contributed by atoms with van der Waals surface area (Å²) >= 11 is 0. The Kier molecular flexibility index (Phi) is 5.46. The number of nitrogens with one attached hydrogen (secondary N) is 1. The zero-order valence-corrected chi connectivity index (χ0v) is 14.6. The third kappa shape index (κ3) is 3.80. The first-order valence-corrected chi connectivity index (χ1v) is 8.30. The van der Waals surface area contributed by atoms with E-state index in [9.17, 15) is 4.79 Å². The molecule has 1 atom stereocenters. The van der Waals surface area contributed by atoms with Gasteiger partial charge in [0.25, 0.3) is 0 Å². The molecule has 1 aliphatic rings. The van der Waals surface area contributed by atoms with E-state index in [2.05, 4.69) is 57.0 Å². The van der Waals surface area contributed by atoms with E-state index in [-0.39, 0.29) is 6.03 Å². The average molecular weight is 303 g/mol. The lowest BCUT2D eigenvalue weighted by atomic mass is 10.1. The molecule has 2 amide bonds. The summed E-state index contributed by atoms with van der Waals surface area (Å²) < 4.78 is 0. The molecule has 4 heteroatoms. The first-order valence-electron chi connectivity index (χ1n) is 8.30. The number of hydrogen-bond acceptors (Lipinski definition) is 2. The number of nitrogens with zero attached hydrogens (tertiary/aromatic N) is 2. The SMILES string of the molecule is CCC(C)N1CCN(C(=O)Nc2c(C)cc(C)cc2C)CC1. The number of urea groups is 1. The molecule has 1 unspecified atom stereocenters. The zero-order chi connectivity index (χ0) is 16.3. The van der Waals surface area contributed by atoms with Crippen molar-refractivity contribution in [2.24, 2.45) is 0 Å². The Hall–Kier alpha value is -1.55. The smallest absolute Gasteiger partial charge is 0.321 e. The molecule has 0 spiro atoms. The summed E-state index contributed by atoms with van der Waals surface area (Å²) in [6.45, 7) is 14.2. The first-order chi connectivity index (χ1) is 10.4. The van der Waals surface area contributed by atoms with Gasteiger partial charge in [-0.1, -0.05) is 24.6 Å². The van der Waals surface area contributed by atoms with Crippen LogP contribution >= 0.6 is 0 Å². The summed E-state index contributed by atoms with van der Waals surface area (Å²) in [5, 5.41) is 3.10. The fourth-order valence-electron chi connectivity index (χ4n) is 3.19. The van der Waals surface area contributed by atoms with Gasteiger partial charge in [-0.25, -0.2) is 4.79 Å². The molecule has 0 aliphatic carbocycles. The highest BCUT2D eigenvalue weighted by Crippen LogP contribution is 2.22. The van der Waals surface area contributed by atoms with Gasteiger partial charge in [0.05, 0.1) is 0 Å². The number of hydrogen-bond donors (Lipinski definition) is 1. The standard InChI is InChI=1S/C18H29N3O/c1-6-16(5)20-7-9-21(10-8-20)18(22)19-17-14(3)11-13(2)12-15(17)4/h11-12,16H,6-10H2,1-5H3,(H,19,22). The third-order valence-corrected chi connectivity index (χ3v) is 4.72. The zero-order valence-electron chi connectivity index (χ0n) is 14.6. The van der Waals surface area contributed by atoms with Gasteiger partial charge < -0.3 is 10.2 Å². The second-order valence-corrected chi connectivity index (χ2v) is 6.48. The van der Waals surface area contributed by atoms with Gasteiger partial charge in [-0.2, -0.15) is 0 Å². The molecule has 1 aliphatic heterocycles.